The van der Waals surface area contributed by atoms with E-state index in [1.807, 2.05) is 5.87 Å². The predicted molar refractivity (Wildman–Crippen MR) is 29.5 cm³/mol. The second-order valence-electron chi connectivity index (χ2n) is 1.13. The predicted octanol–water partition coefficient (Wildman–Crippen LogP) is 0.750. The van der Waals surface area contributed by atoms with E-state index in [1.165, 1.54) is 0 Å². The second kappa shape index (κ2) is 1.54. The van der Waals surface area contributed by atoms with E-state index in [1.54, 1.807) is 18.4 Å². The third-order valence-electron chi connectivity index (χ3n) is 0.668. The molecule has 1 aliphatic heterocycles. The Kier molecular flexibility index (Phi) is 0.886. The molecule has 0 atom stereocenters. The molecule has 0 aromatic rings. The van der Waals surface area contributed by atoms with E-state index >= 15 is 0 Å². The smallest absolute Gasteiger partial charge is 0.0818 e. The van der Waals surface area contributed by atoms with Gasteiger partial charge >= 0.3 is 0 Å². The summed E-state index contributed by atoms with van der Waals surface area (Å²) in [6, 6.07) is 0. The Morgan fingerprint density at radius 3 is 2.86 bits per heavy atom. The lowest BCUT2D eigenvalue weighted by molar-refractivity contribution is 1.53. The molecule has 0 saturated heterocycles. The van der Waals surface area contributed by atoms with Crippen LogP contribution in [0, 0.1) is 0 Å². The fourth-order valence-electron chi connectivity index (χ4n) is 0.367. The molecule has 0 fully saturated rings. The molecule has 0 saturated carbocycles. The number of nitrogens with zero attached hydrogens (tertiary/aromatic N) is 2. The van der Waals surface area contributed by atoms with E-state index in [-0.39, 0.29) is 0 Å². The lowest BCUT2D eigenvalue weighted by atomic mass is 10.5. The van der Waals surface area contributed by atoms with Gasteiger partial charge in [-0.3, -0.25) is 4.99 Å². The van der Waals surface area contributed by atoms with Crippen molar-refractivity contribution in [1.29, 1.82) is 0 Å². The summed E-state index contributed by atoms with van der Waals surface area (Å²) in [6.07, 6.45) is 5.00. The number of hydrogen-bond acceptors (Lipinski definition) is 1. The minimum Gasteiger partial charge on any atom is -0.761 e. The third-order valence-corrected chi connectivity index (χ3v) is 0.668. The van der Waals surface area contributed by atoms with Crippen LogP contribution in [0.2, 0.25) is 0 Å². The molecule has 0 aromatic carbocycles. The summed E-state index contributed by atoms with van der Waals surface area (Å²) in [7, 11) is 0. The molecule has 0 radical (unpaired) electrons. The van der Waals surface area contributed by atoms with Crippen LogP contribution in [0.25, 0.3) is 5.41 Å². The van der Waals surface area contributed by atoms with Gasteiger partial charge < -0.3 is 5.41 Å². The zero-order chi connectivity index (χ0) is 5.11. The monoisotopic (exact) mass is 91.0 g/mol. The maximum atomic E-state index is 8.11. The molecule has 0 spiro atoms. The molecule has 34 valence electrons. The summed E-state index contributed by atoms with van der Waals surface area (Å²) in [4.78, 5) is 3.67. The van der Waals surface area contributed by atoms with Gasteiger partial charge in [0, 0.05) is 6.21 Å². The van der Waals surface area contributed by atoms with Crippen LogP contribution >= 0.6 is 0 Å². The van der Waals surface area contributed by atoms with Crippen LogP contribution in [0.5, 0.6) is 0 Å². The van der Waals surface area contributed by atoms with Crippen LogP contribution < -0.4 is 0 Å². The minimum absolute atomic E-state index is 0.486. The first-order valence-electron chi connectivity index (χ1n) is 1.91. The van der Waals surface area contributed by atoms with Gasteiger partial charge in [-0.05, 0) is 12.2 Å². The van der Waals surface area contributed by atoms with E-state index in [0.29, 0.717) is 5.70 Å². The van der Waals surface area contributed by atoms with Crippen molar-refractivity contribution in [2.24, 2.45) is 4.99 Å². The summed E-state index contributed by atoms with van der Waals surface area (Å²) in [6.45, 7) is 0. The molecule has 1 aliphatic rings. The molecule has 0 bridgehead atoms. The van der Waals surface area contributed by atoms with Crippen LogP contribution in [0.4, 0.5) is 0 Å². The molecule has 2 nitrogen and oxygen atoms in total. The van der Waals surface area contributed by atoms with Crippen molar-refractivity contribution in [3.8, 4) is 0 Å². The van der Waals surface area contributed by atoms with Gasteiger partial charge in [-0.15, -0.1) is 0 Å². The highest BCUT2D eigenvalue weighted by Crippen LogP contribution is 1.96. The molecule has 2 heteroatoms. The van der Waals surface area contributed by atoms with Gasteiger partial charge in [-0.25, -0.2) is 5.87 Å². The maximum absolute atomic E-state index is 8.11. The maximum Gasteiger partial charge on any atom is 0.0818 e. The zero-order valence-corrected chi connectivity index (χ0v) is 3.63. The van der Waals surface area contributed by atoms with Gasteiger partial charge in [0.05, 0.1) is 5.70 Å². The topological polar surface area (TPSA) is 34.7 Å². The Morgan fingerprint density at radius 1 is 1.71 bits per heavy atom. The molecular weight excluding hydrogens is 88.1 g/mol. The van der Waals surface area contributed by atoms with Crippen molar-refractivity contribution < 1.29 is 0 Å². The van der Waals surface area contributed by atoms with Gasteiger partial charge in [0.1, 0.15) is 0 Å². The highest BCUT2D eigenvalue weighted by molar-refractivity contribution is 5.82. The van der Waals surface area contributed by atoms with Crippen LogP contribution in [0.15, 0.2) is 22.8 Å². The van der Waals surface area contributed by atoms with Crippen LogP contribution in [0.1, 0.15) is 0 Å². The molecule has 0 unspecified atom stereocenters. The second-order valence-corrected chi connectivity index (χ2v) is 1.13. The first-order valence-corrected chi connectivity index (χ1v) is 1.91. The average molecular weight is 91.1 g/mol. The Morgan fingerprint density at radius 2 is 2.57 bits per heavy atom. The Hall–Kier alpha value is -1.14. The molecule has 1 heterocycles. The molecular formula is C5H3N2-. The molecule has 0 aliphatic carbocycles. The minimum atomic E-state index is 0.486. The SMILES string of the molecule is [N-]=C=C1C=CC=N1. The van der Waals surface area contributed by atoms with E-state index in [2.05, 4.69) is 4.99 Å². The molecule has 0 N–H and O–H groups in total. The van der Waals surface area contributed by atoms with Gasteiger partial charge in [0.2, 0.25) is 0 Å². The van der Waals surface area contributed by atoms with Gasteiger partial charge in [0.15, 0.2) is 0 Å². The summed E-state index contributed by atoms with van der Waals surface area (Å²) in [5.74, 6) is 1.90. The number of rotatable bonds is 0. The number of allylic oxidation sites excluding steroid dienone is 2. The van der Waals surface area contributed by atoms with Crippen LogP contribution in [0.3, 0.4) is 0 Å². The number of hydrogen-bond donors (Lipinski definition) is 0. The van der Waals surface area contributed by atoms with Crippen LogP contribution in [-0.2, 0) is 0 Å². The number of aliphatic imine (C=N–C) groups is 1. The highest BCUT2D eigenvalue weighted by atomic mass is 14.7. The fourth-order valence-corrected chi connectivity index (χ4v) is 0.367. The molecule has 1 rings (SSSR count). The standard InChI is InChI=1S/C5H3N2/c6-4-5-2-1-3-7-5/h1-3H/q-1. The quantitative estimate of drug-likeness (QED) is 0.394. The van der Waals surface area contributed by atoms with Crippen molar-refractivity contribution in [2.75, 3.05) is 0 Å². The lowest BCUT2D eigenvalue weighted by Gasteiger charge is -1.78. The third kappa shape index (κ3) is 0.643. The van der Waals surface area contributed by atoms with Gasteiger partial charge in [-0.2, -0.15) is 0 Å². The van der Waals surface area contributed by atoms with Crippen molar-refractivity contribution in [3.63, 3.8) is 0 Å². The van der Waals surface area contributed by atoms with Crippen molar-refractivity contribution in [3.05, 3.63) is 23.3 Å². The highest BCUT2D eigenvalue weighted by Gasteiger charge is 1.83. The Balaban J connectivity index is 3.00. The summed E-state index contributed by atoms with van der Waals surface area (Å²) in [5.41, 5.74) is 0.486. The average Bonchev–Trinajstić information content (AvgIpc) is 2.14. The van der Waals surface area contributed by atoms with E-state index in [0.717, 1.165) is 0 Å². The van der Waals surface area contributed by atoms with Crippen molar-refractivity contribution in [1.82, 2.24) is 0 Å². The van der Waals surface area contributed by atoms with Gasteiger partial charge in [0.25, 0.3) is 0 Å². The zero-order valence-electron chi connectivity index (χ0n) is 3.63. The van der Waals surface area contributed by atoms with E-state index in [4.69, 9.17) is 5.41 Å². The summed E-state index contributed by atoms with van der Waals surface area (Å²) in [5, 5.41) is 8.11. The first-order chi connectivity index (χ1) is 3.43. The van der Waals surface area contributed by atoms with Crippen molar-refractivity contribution >= 4 is 12.1 Å². The lowest BCUT2D eigenvalue weighted by Crippen LogP contribution is -1.60. The Bertz CT molecular complexity index is 157. The largest absolute Gasteiger partial charge is 0.761 e. The first kappa shape index (κ1) is 4.03. The van der Waals surface area contributed by atoms with E-state index < -0.39 is 0 Å². The van der Waals surface area contributed by atoms with E-state index in [9.17, 15) is 0 Å². The molecule has 0 amide bonds. The summed E-state index contributed by atoms with van der Waals surface area (Å²) < 4.78 is 0. The summed E-state index contributed by atoms with van der Waals surface area (Å²) >= 11 is 0. The normalized spacial score (nSPS) is 15.1. The molecule has 0 aromatic heterocycles. The van der Waals surface area contributed by atoms with Crippen LogP contribution in [-0.4, -0.2) is 12.1 Å². The fraction of sp³-hybridized carbons (Fsp3) is 0. The van der Waals surface area contributed by atoms with Gasteiger partial charge in [-0.1, -0.05) is 0 Å². The van der Waals surface area contributed by atoms with Crippen molar-refractivity contribution in [2.45, 2.75) is 0 Å². The Labute approximate surface area is 41.4 Å². The molecule has 7 heavy (non-hydrogen) atoms.